The van der Waals surface area contributed by atoms with Crippen LogP contribution >= 0.6 is 11.6 Å². The van der Waals surface area contributed by atoms with Gasteiger partial charge in [0, 0.05) is 25.4 Å². The zero-order valence-electron chi connectivity index (χ0n) is 10.1. The number of nitrogens with one attached hydrogen (secondary N) is 1. The highest BCUT2D eigenvalue weighted by molar-refractivity contribution is 6.17. The molecule has 1 N–H and O–H groups in total. The third-order valence-corrected chi connectivity index (χ3v) is 2.48. The summed E-state index contributed by atoms with van der Waals surface area (Å²) in [5.74, 6) is 0.504. The highest BCUT2D eigenvalue weighted by atomic mass is 35.5. The highest BCUT2D eigenvalue weighted by Gasteiger charge is 2.14. The summed E-state index contributed by atoms with van der Waals surface area (Å²) in [6.07, 6.45) is 2.10. The summed E-state index contributed by atoms with van der Waals surface area (Å²) in [6.45, 7) is 5.05. The van der Waals surface area contributed by atoms with E-state index in [4.69, 9.17) is 11.6 Å². The molecular formula is C11H21ClN2O2. The predicted octanol–water partition coefficient (Wildman–Crippen LogP) is 1.38. The van der Waals surface area contributed by atoms with E-state index in [0.29, 0.717) is 25.4 Å². The molecule has 0 aromatic rings. The molecule has 0 aromatic carbocycles. The van der Waals surface area contributed by atoms with Crippen molar-refractivity contribution in [2.24, 2.45) is 0 Å². The first-order valence-corrected chi connectivity index (χ1v) is 6.29. The lowest BCUT2D eigenvalue weighted by molar-refractivity contribution is -0.135. The van der Waals surface area contributed by atoms with E-state index in [0.717, 1.165) is 12.8 Å². The van der Waals surface area contributed by atoms with Crippen LogP contribution in [-0.4, -0.2) is 42.2 Å². The molecule has 0 heterocycles. The summed E-state index contributed by atoms with van der Waals surface area (Å²) in [5, 5.41) is 2.68. The lowest BCUT2D eigenvalue weighted by Gasteiger charge is -2.20. The summed E-state index contributed by atoms with van der Waals surface area (Å²) in [4.78, 5) is 24.6. The lowest BCUT2D eigenvalue weighted by Crippen LogP contribution is -2.40. The van der Waals surface area contributed by atoms with E-state index < -0.39 is 0 Å². The van der Waals surface area contributed by atoms with Crippen LogP contribution in [0.3, 0.4) is 0 Å². The van der Waals surface area contributed by atoms with Gasteiger partial charge in [0.25, 0.3) is 0 Å². The van der Waals surface area contributed by atoms with Crippen LogP contribution in [-0.2, 0) is 9.59 Å². The van der Waals surface area contributed by atoms with E-state index >= 15 is 0 Å². The van der Waals surface area contributed by atoms with E-state index in [2.05, 4.69) is 5.32 Å². The minimum Gasteiger partial charge on any atom is -0.355 e. The number of nitrogens with zero attached hydrogens (tertiary/aromatic N) is 1. The Labute approximate surface area is 102 Å². The van der Waals surface area contributed by atoms with E-state index in [1.165, 1.54) is 0 Å². The molecular weight excluding hydrogens is 228 g/mol. The van der Waals surface area contributed by atoms with Crippen LogP contribution in [0, 0.1) is 0 Å². The number of carbonyl (C=O) groups excluding carboxylic acids is 2. The number of hydrogen-bond acceptors (Lipinski definition) is 2. The molecule has 0 aliphatic rings. The topological polar surface area (TPSA) is 49.4 Å². The SMILES string of the molecule is CCNC(=O)CN(CC)C(=O)CCCCCl. The molecule has 0 aliphatic heterocycles. The Morgan fingerprint density at radius 2 is 1.94 bits per heavy atom. The fourth-order valence-electron chi connectivity index (χ4n) is 1.33. The molecule has 0 radical (unpaired) electrons. The Hall–Kier alpha value is -0.770. The van der Waals surface area contributed by atoms with Gasteiger partial charge in [-0.05, 0) is 26.7 Å². The van der Waals surface area contributed by atoms with Crippen molar-refractivity contribution in [3.05, 3.63) is 0 Å². The summed E-state index contributed by atoms with van der Waals surface area (Å²) < 4.78 is 0. The van der Waals surface area contributed by atoms with Gasteiger partial charge in [0.05, 0.1) is 6.54 Å². The van der Waals surface area contributed by atoms with Crippen molar-refractivity contribution < 1.29 is 9.59 Å². The first-order valence-electron chi connectivity index (χ1n) is 5.76. The second-order valence-corrected chi connectivity index (χ2v) is 3.89. The maximum absolute atomic E-state index is 11.7. The van der Waals surface area contributed by atoms with Crippen molar-refractivity contribution in [2.45, 2.75) is 33.1 Å². The molecule has 0 rings (SSSR count). The van der Waals surface area contributed by atoms with Gasteiger partial charge >= 0.3 is 0 Å². The highest BCUT2D eigenvalue weighted by Crippen LogP contribution is 2.02. The fourth-order valence-corrected chi connectivity index (χ4v) is 1.52. The van der Waals surface area contributed by atoms with Gasteiger partial charge in [-0.3, -0.25) is 9.59 Å². The second-order valence-electron chi connectivity index (χ2n) is 3.51. The van der Waals surface area contributed by atoms with Crippen LogP contribution < -0.4 is 5.32 Å². The minimum atomic E-state index is -0.102. The molecule has 16 heavy (non-hydrogen) atoms. The van der Waals surface area contributed by atoms with Crippen molar-refractivity contribution in [3.8, 4) is 0 Å². The van der Waals surface area contributed by atoms with Gasteiger partial charge in [-0.25, -0.2) is 0 Å². The van der Waals surface area contributed by atoms with Crippen molar-refractivity contribution >= 4 is 23.4 Å². The van der Waals surface area contributed by atoms with Gasteiger partial charge in [-0.2, -0.15) is 0 Å². The fraction of sp³-hybridized carbons (Fsp3) is 0.818. The summed E-state index contributed by atoms with van der Waals surface area (Å²) in [7, 11) is 0. The first kappa shape index (κ1) is 15.2. The molecule has 0 saturated heterocycles. The quantitative estimate of drug-likeness (QED) is 0.521. The standard InChI is InChI=1S/C11H21ClN2O2/c1-3-13-10(15)9-14(4-2)11(16)7-5-6-8-12/h3-9H2,1-2H3,(H,13,15). The normalized spacial score (nSPS) is 9.94. The minimum absolute atomic E-state index is 0.0267. The van der Waals surface area contributed by atoms with Gasteiger partial charge < -0.3 is 10.2 Å². The third-order valence-electron chi connectivity index (χ3n) is 2.22. The molecule has 94 valence electrons. The zero-order valence-corrected chi connectivity index (χ0v) is 10.8. The average molecular weight is 249 g/mol. The molecule has 0 aliphatic carbocycles. The van der Waals surface area contributed by atoms with Crippen molar-refractivity contribution in [1.29, 1.82) is 0 Å². The van der Waals surface area contributed by atoms with E-state index in [1.54, 1.807) is 4.90 Å². The van der Waals surface area contributed by atoms with Crippen LogP contribution in [0.2, 0.25) is 0 Å². The molecule has 5 heteroatoms. The Bertz CT molecular complexity index is 222. The molecule has 0 aromatic heterocycles. The van der Waals surface area contributed by atoms with Crippen molar-refractivity contribution in [1.82, 2.24) is 10.2 Å². The first-order chi connectivity index (χ1) is 7.65. The van der Waals surface area contributed by atoms with E-state index in [1.807, 2.05) is 13.8 Å². The van der Waals surface area contributed by atoms with E-state index in [9.17, 15) is 9.59 Å². The number of likely N-dealkylation sites (N-methyl/N-ethyl adjacent to an activating group) is 2. The van der Waals surface area contributed by atoms with Gasteiger partial charge in [-0.1, -0.05) is 0 Å². The number of amides is 2. The number of halogens is 1. The summed E-state index contributed by atoms with van der Waals surface area (Å²) >= 11 is 5.53. The number of carbonyl (C=O) groups is 2. The molecule has 0 unspecified atom stereocenters. The number of alkyl halides is 1. The van der Waals surface area contributed by atoms with Crippen LogP contribution in [0.5, 0.6) is 0 Å². The second kappa shape index (κ2) is 9.46. The lowest BCUT2D eigenvalue weighted by atomic mass is 10.2. The van der Waals surface area contributed by atoms with Gasteiger partial charge in [0.1, 0.15) is 0 Å². The average Bonchev–Trinajstić information content (AvgIpc) is 2.26. The molecule has 0 bridgehead atoms. The van der Waals surface area contributed by atoms with Gasteiger partial charge in [0.2, 0.25) is 11.8 Å². The van der Waals surface area contributed by atoms with Crippen molar-refractivity contribution in [3.63, 3.8) is 0 Å². The third kappa shape index (κ3) is 6.67. The zero-order chi connectivity index (χ0) is 12.4. The summed E-state index contributed by atoms with van der Waals surface area (Å²) in [6, 6.07) is 0. The van der Waals surface area contributed by atoms with Gasteiger partial charge in [0.15, 0.2) is 0 Å². The van der Waals surface area contributed by atoms with Crippen LogP contribution in [0.25, 0.3) is 0 Å². The number of rotatable bonds is 8. The Morgan fingerprint density at radius 3 is 2.44 bits per heavy atom. The molecule has 2 amide bonds. The Balaban J connectivity index is 3.96. The predicted molar refractivity (Wildman–Crippen MR) is 65.5 cm³/mol. The largest absolute Gasteiger partial charge is 0.355 e. The molecule has 0 atom stereocenters. The maximum Gasteiger partial charge on any atom is 0.239 e. The summed E-state index contributed by atoms with van der Waals surface area (Å²) in [5.41, 5.74) is 0. The van der Waals surface area contributed by atoms with Crippen LogP contribution in [0.15, 0.2) is 0 Å². The van der Waals surface area contributed by atoms with Gasteiger partial charge in [-0.15, -0.1) is 11.6 Å². The molecule has 0 fully saturated rings. The number of hydrogen-bond donors (Lipinski definition) is 1. The molecule has 0 saturated carbocycles. The molecule has 0 spiro atoms. The smallest absolute Gasteiger partial charge is 0.239 e. The molecule has 4 nitrogen and oxygen atoms in total. The maximum atomic E-state index is 11.7. The Kier molecular flexibility index (Phi) is 9.00. The monoisotopic (exact) mass is 248 g/mol. The number of unbranched alkanes of at least 4 members (excludes halogenated alkanes) is 1. The van der Waals surface area contributed by atoms with Crippen LogP contribution in [0.1, 0.15) is 33.1 Å². The van der Waals surface area contributed by atoms with Crippen molar-refractivity contribution in [2.75, 3.05) is 25.5 Å². The Morgan fingerprint density at radius 1 is 1.25 bits per heavy atom. The van der Waals surface area contributed by atoms with E-state index in [-0.39, 0.29) is 18.4 Å². The van der Waals surface area contributed by atoms with Crippen LogP contribution in [0.4, 0.5) is 0 Å².